The molecule has 1 aliphatic heterocycles. The summed E-state index contributed by atoms with van der Waals surface area (Å²) in [7, 11) is -3.29. The molecule has 8 heteroatoms. The topological polar surface area (TPSA) is 66.5 Å². The third-order valence-electron chi connectivity index (χ3n) is 4.11. The summed E-state index contributed by atoms with van der Waals surface area (Å²) in [5.41, 5.74) is 1.15. The lowest BCUT2D eigenvalue weighted by Gasteiger charge is -2.25. The molecule has 1 saturated heterocycles. The first-order valence-electron chi connectivity index (χ1n) is 8.71. The summed E-state index contributed by atoms with van der Waals surface area (Å²) in [6, 6.07) is 14.1. The van der Waals surface area contributed by atoms with Gasteiger partial charge in [0, 0.05) is 47.0 Å². The van der Waals surface area contributed by atoms with Gasteiger partial charge in [0.1, 0.15) is 0 Å². The van der Waals surface area contributed by atoms with Gasteiger partial charge in [-0.15, -0.1) is 11.3 Å². The number of amides is 1. The number of nitrogens with one attached hydrogen (secondary N) is 1. The summed E-state index contributed by atoms with van der Waals surface area (Å²) in [6.45, 7) is 1.24. The molecule has 2 heterocycles. The lowest BCUT2D eigenvalue weighted by Crippen LogP contribution is -2.41. The van der Waals surface area contributed by atoms with E-state index in [-0.39, 0.29) is 18.2 Å². The quantitative estimate of drug-likeness (QED) is 0.697. The Morgan fingerprint density at radius 3 is 2.59 bits per heavy atom. The van der Waals surface area contributed by atoms with Crippen molar-refractivity contribution in [2.45, 2.75) is 0 Å². The van der Waals surface area contributed by atoms with Crippen molar-refractivity contribution in [3.05, 3.63) is 53.4 Å². The number of thiophene rings is 1. The Bertz CT molecular complexity index is 886. The van der Waals surface area contributed by atoms with Crippen LogP contribution in [0.1, 0.15) is 4.88 Å². The lowest BCUT2D eigenvalue weighted by molar-refractivity contribution is -0.116. The number of benzene rings is 1. The summed E-state index contributed by atoms with van der Waals surface area (Å²) in [4.78, 5) is 14.1. The fourth-order valence-corrected chi connectivity index (χ4v) is 6.08. The Morgan fingerprint density at radius 1 is 1.11 bits per heavy atom. The fourth-order valence-electron chi connectivity index (χ4n) is 2.67. The van der Waals surface area contributed by atoms with Gasteiger partial charge in [0.2, 0.25) is 15.9 Å². The third-order valence-corrected chi connectivity index (χ3v) is 8.02. The van der Waals surface area contributed by atoms with E-state index >= 15 is 0 Å². The number of nitrogens with zero attached hydrogens (tertiary/aromatic N) is 1. The number of carbonyl (C=O) groups is 1. The molecule has 0 radical (unpaired) electrons. The fraction of sp³-hybridized carbons (Fsp3) is 0.316. The minimum atomic E-state index is -3.29. The van der Waals surface area contributed by atoms with Gasteiger partial charge < -0.3 is 5.32 Å². The molecule has 1 aliphatic rings. The van der Waals surface area contributed by atoms with Crippen LogP contribution in [0.5, 0.6) is 0 Å². The smallest absolute Gasteiger partial charge is 0.244 e. The van der Waals surface area contributed by atoms with Crippen molar-refractivity contribution in [2.75, 3.05) is 36.9 Å². The van der Waals surface area contributed by atoms with Gasteiger partial charge in [0.25, 0.3) is 0 Å². The molecule has 0 saturated carbocycles. The van der Waals surface area contributed by atoms with E-state index in [4.69, 9.17) is 0 Å². The molecule has 3 rings (SSSR count). The molecule has 1 aromatic heterocycles. The van der Waals surface area contributed by atoms with Gasteiger partial charge in [-0.25, -0.2) is 12.7 Å². The monoisotopic (exact) mass is 422 g/mol. The number of thioether (sulfide) groups is 1. The molecule has 0 spiro atoms. The Kier molecular flexibility index (Phi) is 7.12. The number of sulfonamides is 1. The van der Waals surface area contributed by atoms with Crippen LogP contribution in [0.15, 0.2) is 48.5 Å². The molecule has 1 aromatic carbocycles. The predicted octanol–water partition coefficient (Wildman–Crippen LogP) is 2.92. The standard InChI is InChI=1S/C19H22N2O3S3/c22-19(20-10-15-27(23,24)21-11-13-25-14-12-21)9-7-17-6-8-18(26-17)16-4-2-1-3-5-16/h1-9H,10-15H2,(H,20,22). The number of hydrogen-bond acceptors (Lipinski definition) is 5. The van der Waals surface area contributed by atoms with Gasteiger partial charge in [-0.3, -0.25) is 4.79 Å². The number of rotatable bonds is 7. The minimum absolute atomic E-state index is 0.0611. The van der Waals surface area contributed by atoms with Gasteiger partial charge in [-0.1, -0.05) is 30.3 Å². The van der Waals surface area contributed by atoms with Gasteiger partial charge >= 0.3 is 0 Å². The summed E-state index contributed by atoms with van der Waals surface area (Å²) in [5, 5.41) is 2.65. The van der Waals surface area contributed by atoms with E-state index in [9.17, 15) is 13.2 Å². The Labute approximate surface area is 168 Å². The van der Waals surface area contributed by atoms with E-state index in [2.05, 4.69) is 5.32 Å². The molecule has 1 N–H and O–H groups in total. The van der Waals surface area contributed by atoms with Crippen molar-refractivity contribution in [1.82, 2.24) is 9.62 Å². The van der Waals surface area contributed by atoms with Gasteiger partial charge in [0.05, 0.1) is 5.75 Å². The van der Waals surface area contributed by atoms with Crippen LogP contribution < -0.4 is 5.32 Å². The first-order valence-corrected chi connectivity index (χ1v) is 12.3. The van der Waals surface area contributed by atoms with Gasteiger partial charge in [-0.2, -0.15) is 11.8 Å². The minimum Gasteiger partial charge on any atom is -0.351 e. The van der Waals surface area contributed by atoms with E-state index < -0.39 is 10.0 Å². The van der Waals surface area contributed by atoms with Crippen molar-refractivity contribution in [1.29, 1.82) is 0 Å². The van der Waals surface area contributed by atoms with Crippen LogP contribution in [0.3, 0.4) is 0 Å². The van der Waals surface area contributed by atoms with Crippen molar-refractivity contribution in [2.24, 2.45) is 0 Å². The second kappa shape index (κ2) is 9.54. The van der Waals surface area contributed by atoms with Crippen LogP contribution >= 0.6 is 23.1 Å². The Hall–Kier alpha value is -1.61. The summed E-state index contributed by atoms with van der Waals surface area (Å²) < 4.78 is 26.0. The number of hydrogen-bond donors (Lipinski definition) is 1. The number of carbonyl (C=O) groups excluding carboxylic acids is 1. The molecule has 0 aliphatic carbocycles. The highest BCUT2D eigenvalue weighted by Crippen LogP contribution is 2.28. The predicted molar refractivity (Wildman–Crippen MR) is 114 cm³/mol. The maximum absolute atomic E-state index is 12.2. The molecular weight excluding hydrogens is 400 g/mol. The van der Waals surface area contributed by atoms with Crippen LogP contribution in [0, 0.1) is 0 Å². The van der Waals surface area contributed by atoms with Crippen LogP contribution in [-0.4, -0.2) is 55.5 Å². The summed E-state index contributed by atoms with van der Waals surface area (Å²) in [5.74, 6) is 1.32. The second-order valence-electron chi connectivity index (χ2n) is 6.02. The summed E-state index contributed by atoms with van der Waals surface area (Å²) in [6.07, 6.45) is 3.20. The average molecular weight is 423 g/mol. The second-order valence-corrected chi connectivity index (χ2v) is 10.4. The molecule has 1 fully saturated rings. The van der Waals surface area contributed by atoms with E-state index in [1.165, 1.54) is 10.4 Å². The lowest BCUT2D eigenvalue weighted by atomic mass is 10.2. The van der Waals surface area contributed by atoms with Crippen LogP contribution in [0.4, 0.5) is 0 Å². The van der Waals surface area contributed by atoms with Crippen LogP contribution in [0.25, 0.3) is 16.5 Å². The molecule has 144 valence electrons. The van der Waals surface area contributed by atoms with Crippen molar-refractivity contribution >= 4 is 45.1 Å². The maximum atomic E-state index is 12.2. The SMILES string of the molecule is O=C(C=Cc1ccc(-c2ccccc2)s1)NCCS(=O)(=O)N1CCSCC1. The molecule has 27 heavy (non-hydrogen) atoms. The zero-order chi connectivity index (χ0) is 19.1. The molecule has 0 bridgehead atoms. The first-order chi connectivity index (χ1) is 13.0. The average Bonchev–Trinajstić information content (AvgIpc) is 3.17. The Balaban J connectivity index is 1.47. The maximum Gasteiger partial charge on any atom is 0.244 e. The highest BCUT2D eigenvalue weighted by molar-refractivity contribution is 7.99. The zero-order valence-electron chi connectivity index (χ0n) is 14.8. The van der Waals surface area contributed by atoms with E-state index in [0.29, 0.717) is 13.1 Å². The van der Waals surface area contributed by atoms with Crippen LogP contribution in [-0.2, 0) is 14.8 Å². The van der Waals surface area contributed by atoms with Crippen molar-refractivity contribution < 1.29 is 13.2 Å². The molecule has 1 amide bonds. The normalized spacial score (nSPS) is 15.9. The molecule has 2 aromatic rings. The van der Waals surface area contributed by atoms with E-state index in [1.807, 2.05) is 42.5 Å². The molecule has 0 unspecified atom stereocenters. The molecular formula is C19H22N2O3S3. The molecule has 5 nitrogen and oxygen atoms in total. The van der Waals surface area contributed by atoms with Crippen LogP contribution in [0.2, 0.25) is 0 Å². The van der Waals surface area contributed by atoms with E-state index in [0.717, 1.165) is 26.8 Å². The van der Waals surface area contributed by atoms with E-state index in [1.54, 1.807) is 29.2 Å². The highest BCUT2D eigenvalue weighted by Gasteiger charge is 2.23. The van der Waals surface area contributed by atoms with Crippen molar-refractivity contribution in [3.63, 3.8) is 0 Å². The largest absolute Gasteiger partial charge is 0.351 e. The van der Waals surface area contributed by atoms with Gasteiger partial charge in [-0.05, 0) is 23.8 Å². The third kappa shape index (κ3) is 5.93. The first kappa shape index (κ1) is 20.1. The van der Waals surface area contributed by atoms with Crippen molar-refractivity contribution in [3.8, 4) is 10.4 Å². The zero-order valence-corrected chi connectivity index (χ0v) is 17.3. The summed E-state index contributed by atoms with van der Waals surface area (Å²) >= 11 is 3.37. The molecule has 0 atom stereocenters. The Morgan fingerprint density at radius 2 is 1.85 bits per heavy atom. The van der Waals surface area contributed by atoms with Gasteiger partial charge in [0.15, 0.2) is 0 Å². The highest BCUT2D eigenvalue weighted by atomic mass is 32.2.